The van der Waals surface area contributed by atoms with Crippen molar-refractivity contribution in [2.24, 2.45) is 0 Å². The highest BCUT2D eigenvalue weighted by Gasteiger charge is 2.22. The van der Waals surface area contributed by atoms with Crippen LogP contribution in [-0.2, 0) is 11.3 Å². The van der Waals surface area contributed by atoms with E-state index in [2.05, 4.69) is 33.1 Å². The normalized spacial score (nSPS) is 18.2. The second-order valence-electron chi connectivity index (χ2n) is 5.67. The average Bonchev–Trinajstić information content (AvgIpc) is 3.08. The minimum atomic E-state index is 0.190. The predicted octanol–water partition coefficient (Wildman–Crippen LogP) is 3.78. The summed E-state index contributed by atoms with van der Waals surface area (Å²) in [5.41, 5.74) is 1.17. The molecule has 25 heavy (non-hydrogen) atoms. The quantitative estimate of drug-likeness (QED) is 0.541. The fourth-order valence-electron chi connectivity index (χ4n) is 2.56. The van der Waals surface area contributed by atoms with Crippen molar-refractivity contribution < 1.29 is 4.74 Å². The zero-order valence-corrected chi connectivity index (χ0v) is 16.2. The molecule has 1 saturated heterocycles. The molecule has 1 atom stereocenters. The highest BCUT2D eigenvalue weighted by Crippen LogP contribution is 2.27. The molecule has 0 amide bonds. The average molecular weight is 397 g/mol. The van der Waals surface area contributed by atoms with E-state index in [1.807, 2.05) is 18.2 Å². The Labute approximate surface area is 161 Å². The molecule has 8 heteroatoms. The number of hydrogen-bond donors (Lipinski definition) is 1. The molecule has 0 radical (unpaired) electrons. The predicted molar refractivity (Wildman–Crippen MR) is 106 cm³/mol. The molecule has 1 aromatic carbocycles. The third kappa shape index (κ3) is 5.69. The summed E-state index contributed by atoms with van der Waals surface area (Å²) in [5.74, 6) is 0.870. The molecular formula is C17H21ClN4OS2. The first kappa shape index (κ1) is 18.7. The molecule has 1 aromatic heterocycles. The Morgan fingerprint density at radius 2 is 2.32 bits per heavy atom. The van der Waals surface area contributed by atoms with Gasteiger partial charge in [-0.3, -0.25) is 4.90 Å². The zero-order valence-electron chi connectivity index (χ0n) is 13.9. The number of hydrogen-bond acceptors (Lipinski definition) is 7. The monoisotopic (exact) mass is 396 g/mol. The number of nitrogens with zero attached hydrogens (tertiary/aromatic N) is 3. The number of ether oxygens (including phenoxy) is 1. The summed E-state index contributed by atoms with van der Waals surface area (Å²) < 4.78 is 6.86. The number of aromatic nitrogens is 2. The highest BCUT2D eigenvalue weighted by molar-refractivity contribution is 8.01. The number of benzene rings is 1. The molecule has 1 fully saturated rings. The molecule has 0 saturated carbocycles. The van der Waals surface area contributed by atoms with Crippen molar-refractivity contribution in [2.45, 2.75) is 17.0 Å². The Balaban J connectivity index is 1.47. The van der Waals surface area contributed by atoms with E-state index in [-0.39, 0.29) is 6.10 Å². The lowest BCUT2D eigenvalue weighted by atomic mass is 10.2. The molecule has 0 bridgehead atoms. The van der Waals surface area contributed by atoms with Gasteiger partial charge in [-0.15, -0.1) is 16.8 Å². The van der Waals surface area contributed by atoms with E-state index in [0.717, 1.165) is 46.5 Å². The number of halogens is 1. The maximum absolute atomic E-state index is 6.27. The van der Waals surface area contributed by atoms with E-state index >= 15 is 0 Å². The molecule has 134 valence electrons. The third-order valence-electron chi connectivity index (χ3n) is 3.77. The van der Waals surface area contributed by atoms with Gasteiger partial charge in [0.05, 0.1) is 12.7 Å². The Morgan fingerprint density at radius 3 is 3.16 bits per heavy atom. The Hall–Kier alpha value is -1.12. The third-order valence-corrected chi connectivity index (χ3v) is 6.29. The summed E-state index contributed by atoms with van der Waals surface area (Å²) in [7, 11) is 0. The summed E-state index contributed by atoms with van der Waals surface area (Å²) in [6.45, 7) is 7.82. The van der Waals surface area contributed by atoms with Gasteiger partial charge in [0.1, 0.15) is 0 Å². The van der Waals surface area contributed by atoms with Crippen LogP contribution in [0.15, 0.2) is 41.3 Å². The molecule has 2 heterocycles. The first-order valence-electron chi connectivity index (χ1n) is 8.13. The van der Waals surface area contributed by atoms with Crippen molar-refractivity contribution in [1.82, 2.24) is 15.1 Å². The summed E-state index contributed by atoms with van der Waals surface area (Å²) in [5, 5.41) is 13.1. The van der Waals surface area contributed by atoms with Crippen LogP contribution in [0, 0.1) is 0 Å². The van der Waals surface area contributed by atoms with Gasteiger partial charge < -0.3 is 10.1 Å². The SMILES string of the molecule is C=CCNc1nnc(SC[C@H]2CN(Cc3ccccc3Cl)CCO2)s1. The fraction of sp³-hybridized carbons (Fsp3) is 0.412. The van der Waals surface area contributed by atoms with Gasteiger partial charge in [0.25, 0.3) is 0 Å². The number of anilines is 1. The number of thioether (sulfide) groups is 1. The van der Waals surface area contributed by atoms with Crippen molar-refractivity contribution in [3.8, 4) is 0 Å². The van der Waals surface area contributed by atoms with E-state index in [1.165, 1.54) is 5.56 Å². The highest BCUT2D eigenvalue weighted by atomic mass is 35.5. The van der Waals surface area contributed by atoms with Crippen LogP contribution < -0.4 is 5.32 Å². The van der Waals surface area contributed by atoms with Gasteiger partial charge in [-0.25, -0.2) is 0 Å². The van der Waals surface area contributed by atoms with E-state index in [4.69, 9.17) is 16.3 Å². The smallest absolute Gasteiger partial charge is 0.206 e. The van der Waals surface area contributed by atoms with Crippen molar-refractivity contribution in [3.63, 3.8) is 0 Å². The van der Waals surface area contributed by atoms with E-state index in [0.29, 0.717) is 6.54 Å². The van der Waals surface area contributed by atoms with Crippen LogP contribution >= 0.6 is 34.7 Å². The lowest BCUT2D eigenvalue weighted by Gasteiger charge is -2.32. The van der Waals surface area contributed by atoms with Gasteiger partial charge in [-0.2, -0.15) is 0 Å². The Morgan fingerprint density at radius 1 is 1.44 bits per heavy atom. The summed E-state index contributed by atoms with van der Waals surface area (Å²) in [6.07, 6.45) is 1.99. The largest absolute Gasteiger partial charge is 0.375 e. The summed E-state index contributed by atoms with van der Waals surface area (Å²) >= 11 is 9.53. The lowest BCUT2D eigenvalue weighted by Crippen LogP contribution is -2.43. The van der Waals surface area contributed by atoms with Crippen LogP contribution in [0.1, 0.15) is 5.56 Å². The first-order chi connectivity index (χ1) is 12.2. The molecule has 0 aliphatic carbocycles. The molecule has 3 rings (SSSR count). The number of rotatable bonds is 8. The lowest BCUT2D eigenvalue weighted by molar-refractivity contribution is -0.0187. The topological polar surface area (TPSA) is 50.3 Å². The van der Waals surface area contributed by atoms with Crippen LogP contribution in [0.3, 0.4) is 0 Å². The van der Waals surface area contributed by atoms with E-state index in [1.54, 1.807) is 29.2 Å². The second kappa shape index (κ2) is 9.54. The Kier molecular flexibility index (Phi) is 7.12. The zero-order chi connectivity index (χ0) is 17.5. The molecular weight excluding hydrogens is 376 g/mol. The van der Waals surface area contributed by atoms with Gasteiger partial charge in [0, 0.05) is 37.0 Å². The van der Waals surface area contributed by atoms with Crippen LogP contribution in [0.2, 0.25) is 5.02 Å². The standard InChI is InChI=1S/C17H21ClN4OS2/c1-2-7-19-16-20-21-17(25-16)24-12-14-11-22(8-9-23-14)10-13-5-3-4-6-15(13)18/h2-6,14H,1,7-12H2,(H,19,20)/t14-/m1/s1. The Bertz CT molecular complexity index is 697. The minimum Gasteiger partial charge on any atom is -0.375 e. The van der Waals surface area contributed by atoms with Crippen molar-refractivity contribution in [2.75, 3.05) is 37.3 Å². The van der Waals surface area contributed by atoms with Gasteiger partial charge in [0.15, 0.2) is 4.34 Å². The summed E-state index contributed by atoms with van der Waals surface area (Å²) in [6, 6.07) is 8.02. The van der Waals surface area contributed by atoms with Crippen LogP contribution in [0.25, 0.3) is 0 Å². The van der Waals surface area contributed by atoms with Crippen LogP contribution in [-0.4, -0.2) is 53.2 Å². The van der Waals surface area contributed by atoms with Gasteiger partial charge in [0.2, 0.25) is 5.13 Å². The number of morpholine rings is 1. The van der Waals surface area contributed by atoms with Gasteiger partial charge in [-0.05, 0) is 11.6 Å². The first-order valence-corrected chi connectivity index (χ1v) is 10.3. The fourth-order valence-corrected chi connectivity index (χ4v) is 4.54. The van der Waals surface area contributed by atoms with Crippen molar-refractivity contribution >= 4 is 39.8 Å². The molecule has 1 aliphatic rings. The maximum atomic E-state index is 6.27. The van der Waals surface area contributed by atoms with Crippen molar-refractivity contribution in [1.29, 1.82) is 0 Å². The van der Waals surface area contributed by atoms with Crippen LogP contribution in [0.5, 0.6) is 0 Å². The van der Waals surface area contributed by atoms with Crippen molar-refractivity contribution in [3.05, 3.63) is 47.5 Å². The summed E-state index contributed by atoms with van der Waals surface area (Å²) in [4.78, 5) is 2.40. The van der Waals surface area contributed by atoms with E-state index < -0.39 is 0 Å². The van der Waals surface area contributed by atoms with Gasteiger partial charge >= 0.3 is 0 Å². The minimum absolute atomic E-state index is 0.190. The van der Waals surface area contributed by atoms with Gasteiger partial charge in [-0.1, -0.05) is 59.0 Å². The van der Waals surface area contributed by atoms with Crippen LogP contribution in [0.4, 0.5) is 5.13 Å². The molecule has 2 aromatic rings. The molecule has 0 unspecified atom stereocenters. The molecule has 1 N–H and O–H groups in total. The molecule has 5 nitrogen and oxygen atoms in total. The number of nitrogens with one attached hydrogen (secondary N) is 1. The molecule has 1 aliphatic heterocycles. The second-order valence-corrected chi connectivity index (χ2v) is 8.32. The van der Waals surface area contributed by atoms with E-state index in [9.17, 15) is 0 Å². The molecule has 0 spiro atoms. The maximum Gasteiger partial charge on any atom is 0.206 e.